The Kier molecular flexibility index (Phi) is 40.0. The van der Waals surface area contributed by atoms with Crippen molar-refractivity contribution in [3.63, 3.8) is 0 Å². The fraction of sp³-hybridized carbons (Fsp3) is 0.864. The van der Waals surface area contributed by atoms with Crippen LogP contribution in [0.3, 0.4) is 0 Å². The van der Waals surface area contributed by atoms with Crippen molar-refractivity contribution in [3.05, 3.63) is 24.3 Å². The molecule has 3 N–H and O–H groups in total. The van der Waals surface area contributed by atoms with Gasteiger partial charge in [-0.25, -0.2) is 4.57 Å². The standard InChI is InChI=1S/C44H84NO8P/c1-3-5-7-9-11-13-15-17-19-21-23-24-26-28-30-32-34-36-43(46)50-40-42(41-52-54(48,49)51-39-38-45)53-44(47)37-35-33-31-29-27-25-22-20-18-16-14-12-10-8-6-4-2/h11,13,17,19,42H,3-10,12,14-16,18,20-41,45H2,1-2H3,(H,48,49)/b13-11-,19-17-/t42-/m1/s1. The molecule has 10 heteroatoms. The summed E-state index contributed by atoms with van der Waals surface area (Å²) in [6.45, 7) is 3.72. The predicted octanol–water partition coefficient (Wildman–Crippen LogP) is 12.8. The summed E-state index contributed by atoms with van der Waals surface area (Å²) in [5, 5.41) is 0. The van der Waals surface area contributed by atoms with Crippen LogP contribution < -0.4 is 5.73 Å². The van der Waals surface area contributed by atoms with E-state index < -0.39 is 26.5 Å². The van der Waals surface area contributed by atoms with Gasteiger partial charge in [-0.2, -0.15) is 0 Å². The Bertz CT molecular complexity index is 944. The number of allylic oxidation sites excluding steroid dienone is 4. The minimum Gasteiger partial charge on any atom is -0.462 e. The molecule has 0 aromatic heterocycles. The molecule has 0 aliphatic rings. The quantitative estimate of drug-likeness (QED) is 0.0268. The average molecular weight is 786 g/mol. The van der Waals surface area contributed by atoms with Crippen molar-refractivity contribution in [3.8, 4) is 0 Å². The number of hydrogen-bond donors (Lipinski definition) is 2. The highest BCUT2D eigenvalue weighted by Crippen LogP contribution is 2.43. The van der Waals surface area contributed by atoms with E-state index in [4.69, 9.17) is 24.3 Å². The van der Waals surface area contributed by atoms with Crippen LogP contribution in [-0.4, -0.2) is 49.3 Å². The second kappa shape index (κ2) is 41.1. The van der Waals surface area contributed by atoms with Crippen molar-refractivity contribution in [1.29, 1.82) is 0 Å². The summed E-state index contributed by atoms with van der Waals surface area (Å²) in [6.07, 6.45) is 43.4. The maximum atomic E-state index is 12.6. The molecule has 0 bridgehead atoms. The summed E-state index contributed by atoms with van der Waals surface area (Å²) in [7, 11) is -4.37. The summed E-state index contributed by atoms with van der Waals surface area (Å²) >= 11 is 0. The molecule has 9 nitrogen and oxygen atoms in total. The number of rotatable bonds is 42. The van der Waals surface area contributed by atoms with E-state index >= 15 is 0 Å². The van der Waals surface area contributed by atoms with Crippen LogP contribution in [0.15, 0.2) is 24.3 Å². The first-order valence-corrected chi connectivity index (χ1v) is 23.8. The smallest absolute Gasteiger partial charge is 0.462 e. The van der Waals surface area contributed by atoms with Crippen molar-refractivity contribution < 1.29 is 37.6 Å². The normalized spacial score (nSPS) is 13.5. The van der Waals surface area contributed by atoms with Crippen molar-refractivity contribution in [2.75, 3.05) is 26.4 Å². The lowest BCUT2D eigenvalue weighted by Gasteiger charge is -2.19. The third-order valence-electron chi connectivity index (χ3n) is 9.59. The third-order valence-corrected chi connectivity index (χ3v) is 10.6. The Morgan fingerprint density at radius 2 is 0.963 bits per heavy atom. The second-order valence-electron chi connectivity index (χ2n) is 14.9. The van der Waals surface area contributed by atoms with Gasteiger partial charge in [-0.1, -0.05) is 179 Å². The van der Waals surface area contributed by atoms with Crippen molar-refractivity contribution in [1.82, 2.24) is 0 Å². The number of unbranched alkanes of at least 4 members (excludes halogenated alkanes) is 25. The van der Waals surface area contributed by atoms with Gasteiger partial charge in [0.2, 0.25) is 0 Å². The van der Waals surface area contributed by atoms with Crippen molar-refractivity contribution >= 4 is 19.8 Å². The van der Waals surface area contributed by atoms with Gasteiger partial charge in [0.25, 0.3) is 0 Å². The fourth-order valence-corrected chi connectivity index (χ4v) is 7.02. The maximum absolute atomic E-state index is 12.6. The van der Waals surface area contributed by atoms with E-state index in [2.05, 4.69) is 38.2 Å². The number of phosphoric acid groups is 1. The Balaban J connectivity index is 4.12. The molecule has 0 heterocycles. The lowest BCUT2D eigenvalue weighted by atomic mass is 10.0. The Morgan fingerprint density at radius 3 is 1.44 bits per heavy atom. The molecule has 0 spiro atoms. The Morgan fingerprint density at radius 1 is 0.556 bits per heavy atom. The first kappa shape index (κ1) is 52.5. The minimum absolute atomic E-state index is 0.0540. The van der Waals surface area contributed by atoms with E-state index in [0.717, 1.165) is 51.4 Å². The Hall–Kier alpha value is -1.51. The first-order valence-electron chi connectivity index (χ1n) is 22.3. The molecule has 1 unspecified atom stereocenters. The summed E-state index contributed by atoms with van der Waals surface area (Å²) in [5.74, 6) is -0.829. The zero-order chi connectivity index (χ0) is 39.6. The van der Waals surface area contributed by atoms with Crippen LogP contribution in [0.5, 0.6) is 0 Å². The highest BCUT2D eigenvalue weighted by Gasteiger charge is 2.26. The third kappa shape index (κ3) is 40.2. The van der Waals surface area contributed by atoms with E-state index in [1.54, 1.807) is 0 Å². The van der Waals surface area contributed by atoms with Gasteiger partial charge in [0.05, 0.1) is 13.2 Å². The molecule has 0 saturated heterocycles. The Labute approximate surface area is 332 Å². The van der Waals surface area contributed by atoms with Crippen LogP contribution in [0.2, 0.25) is 0 Å². The van der Waals surface area contributed by atoms with Gasteiger partial charge in [0.15, 0.2) is 6.10 Å². The zero-order valence-corrected chi connectivity index (χ0v) is 35.9. The summed E-state index contributed by atoms with van der Waals surface area (Å²) in [4.78, 5) is 34.9. The van der Waals surface area contributed by atoms with Gasteiger partial charge in [0.1, 0.15) is 6.61 Å². The molecule has 0 saturated carbocycles. The molecule has 0 aromatic carbocycles. The van der Waals surface area contributed by atoms with Crippen molar-refractivity contribution in [2.24, 2.45) is 5.73 Å². The predicted molar refractivity (Wildman–Crippen MR) is 224 cm³/mol. The van der Waals surface area contributed by atoms with Crippen LogP contribution in [0.4, 0.5) is 0 Å². The van der Waals surface area contributed by atoms with Crippen LogP contribution in [0.1, 0.15) is 213 Å². The molecule has 0 aliphatic heterocycles. The number of phosphoric ester groups is 1. The topological polar surface area (TPSA) is 134 Å². The van der Waals surface area contributed by atoms with Gasteiger partial charge in [-0.15, -0.1) is 0 Å². The van der Waals surface area contributed by atoms with Gasteiger partial charge >= 0.3 is 19.8 Å². The van der Waals surface area contributed by atoms with E-state index in [-0.39, 0.29) is 38.6 Å². The molecule has 0 aromatic rings. The van der Waals surface area contributed by atoms with Gasteiger partial charge in [-0.3, -0.25) is 18.6 Å². The lowest BCUT2D eigenvalue weighted by Crippen LogP contribution is -2.29. The van der Waals surface area contributed by atoms with Gasteiger partial charge in [-0.05, 0) is 44.9 Å². The summed E-state index contributed by atoms with van der Waals surface area (Å²) in [6, 6.07) is 0. The highest BCUT2D eigenvalue weighted by atomic mass is 31.2. The zero-order valence-electron chi connectivity index (χ0n) is 35.0. The number of carbonyl (C=O) groups is 2. The van der Waals surface area contributed by atoms with E-state index in [0.29, 0.717) is 6.42 Å². The molecular formula is C44H84NO8P. The molecule has 0 amide bonds. The number of esters is 2. The molecule has 0 radical (unpaired) electrons. The van der Waals surface area contributed by atoms with Crippen LogP contribution in [0, 0.1) is 0 Å². The molecule has 0 aliphatic carbocycles. The lowest BCUT2D eigenvalue weighted by molar-refractivity contribution is -0.161. The van der Waals surface area contributed by atoms with Crippen LogP contribution in [-0.2, 0) is 32.7 Å². The van der Waals surface area contributed by atoms with E-state index in [9.17, 15) is 19.0 Å². The number of carbonyl (C=O) groups excluding carboxylic acids is 2. The molecule has 0 rings (SSSR count). The van der Waals surface area contributed by atoms with E-state index in [1.165, 1.54) is 128 Å². The minimum atomic E-state index is -4.37. The molecule has 2 atom stereocenters. The van der Waals surface area contributed by atoms with Crippen molar-refractivity contribution in [2.45, 2.75) is 219 Å². The average Bonchev–Trinajstić information content (AvgIpc) is 3.16. The fourth-order valence-electron chi connectivity index (χ4n) is 6.25. The van der Waals surface area contributed by atoms with Crippen LogP contribution >= 0.6 is 7.82 Å². The summed E-state index contributed by atoms with van der Waals surface area (Å²) < 4.78 is 32.8. The maximum Gasteiger partial charge on any atom is 0.472 e. The number of ether oxygens (including phenoxy) is 2. The SMILES string of the molecule is CCCCC/C=C\C/C=C\CCCCCCCCCC(=O)OC[C@H](COP(=O)(O)OCCN)OC(=O)CCCCCCCCCCCCCCCCCC. The second-order valence-corrected chi connectivity index (χ2v) is 16.4. The van der Waals surface area contributed by atoms with E-state index in [1.807, 2.05) is 0 Å². The van der Waals surface area contributed by atoms with Crippen LogP contribution in [0.25, 0.3) is 0 Å². The van der Waals surface area contributed by atoms with Gasteiger partial charge < -0.3 is 20.1 Å². The molecule has 318 valence electrons. The number of nitrogens with two attached hydrogens (primary N) is 1. The first-order chi connectivity index (χ1) is 26.3. The highest BCUT2D eigenvalue weighted by molar-refractivity contribution is 7.47. The van der Waals surface area contributed by atoms with Gasteiger partial charge in [0, 0.05) is 19.4 Å². The summed E-state index contributed by atoms with van der Waals surface area (Å²) in [5.41, 5.74) is 5.35. The molecule has 54 heavy (non-hydrogen) atoms. The number of hydrogen-bond acceptors (Lipinski definition) is 8. The molecule has 0 fully saturated rings. The monoisotopic (exact) mass is 786 g/mol. The largest absolute Gasteiger partial charge is 0.472 e. The molecular weight excluding hydrogens is 701 g/mol.